The van der Waals surface area contributed by atoms with Crippen LogP contribution in [0.3, 0.4) is 0 Å². The lowest BCUT2D eigenvalue weighted by molar-refractivity contribution is -0.150. The van der Waals surface area contributed by atoms with Crippen LogP contribution in [0.15, 0.2) is 53.3 Å². The number of fused-ring (bicyclic) bond motifs is 2. The van der Waals surface area contributed by atoms with E-state index in [2.05, 4.69) is 0 Å². The summed E-state index contributed by atoms with van der Waals surface area (Å²) in [4.78, 5) is 38.8. The maximum atomic E-state index is 13.1. The van der Waals surface area contributed by atoms with Crippen LogP contribution in [0.4, 0.5) is 0 Å². The molecule has 1 aliphatic carbocycles. The largest absolute Gasteiger partial charge is 0.480 e. The molecule has 27 heavy (non-hydrogen) atoms. The highest BCUT2D eigenvalue weighted by Crippen LogP contribution is 2.29. The van der Waals surface area contributed by atoms with Crippen molar-refractivity contribution in [2.45, 2.75) is 38.4 Å². The number of aromatic nitrogens is 1. The fourth-order valence-electron chi connectivity index (χ4n) is 3.67. The minimum Gasteiger partial charge on any atom is -0.480 e. The molecule has 1 aliphatic rings. The number of hydrogen-bond donors (Lipinski definition) is 1. The predicted octanol–water partition coefficient (Wildman–Crippen LogP) is 2.62. The van der Waals surface area contributed by atoms with Gasteiger partial charge >= 0.3 is 5.97 Å². The first-order valence-electron chi connectivity index (χ1n) is 9.03. The zero-order valence-electron chi connectivity index (χ0n) is 15.0. The molecule has 2 aromatic carbocycles. The van der Waals surface area contributed by atoms with Gasteiger partial charge in [-0.1, -0.05) is 24.3 Å². The van der Waals surface area contributed by atoms with Gasteiger partial charge < -0.3 is 14.6 Å². The quantitative estimate of drug-likeness (QED) is 0.706. The Balaban J connectivity index is 1.85. The van der Waals surface area contributed by atoms with Gasteiger partial charge in [0.25, 0.3) is 0 Å². The zero-order valence-corrected chi connectivity index (χ0v) is 15.0. The van der Waals surface area contributed by atoms with Crippen molar-refractivity contribution in [3.63, 3.8) is 0 Å². The molecule has 1 saturated carbocycles. The number of carboxylic acid groups (broad SMARTS) is 1. The second kappa shape index (κ2) is 6.54. The van der Waals surface area contributed by atoms with E-state index in [0.717, 1.165) is 12.8 Å². The fraction of sp³-hybridized carbons (Fsp3) is 0.286. The van der Waals surface area contributed by atoms with Gasteiger partial charge in [-0.2, -0.15) is 0 Å². The highest BCUT2D eigenvalue weighted by atomic mass is 16.4. The topological polar surface area (TPSA) is 79.6 Å². The standard InChI is InChI=1S/C21H20N2O4/c1-13(21(26)27)23(14-10-11-14)19(24)12-22-17-8-4-2-6-15(17)20(25)16-7-3-5-9-18(16)22/h2-9,13-14H,10-12H2,1H3,(H,26,27). The molecule has 0 bridgehead atoms. The maximum Gasteiger partial charge on any atom is 0.326 e. The summed E-state index contributed by atoms with van der Waals surface area (Å²) in [6, 6.07) is 13.5. The van der Waals surface area contributed by atoms with Gasteiger partial charge in [0, 0.05) is 16.8 Å². The number of nitrogens with zero attached hydrogens (tertiary/aromatic N) is 2. The molecule has 1 atom stereocenters. The van der Waals surface area contributed by atoms with Crippen LogP contribution in [0.1, 0.15) is 19.8 Å². The second-order valence-electron chi connectivity index (χ2n) is 7.00. The number of aliphatic carboxylic acids is 1. The molecule has 6 heteroatoms. The molecule has 1 amide bonds. The third kappa shape index (κ3) is 2.97. The highest BCUT2D eigenvalue weighted by Gasteiger charge is 2.38. The SMILES string of the molecule is CC(C(=O)O)N(C(=O)Cn1c2ccccc2c(=O)c2ccccc21)C1CC1. The van der Waals surface area contributed by atoms with Crippen LogP contribution in [0.5, 0.6) is 0 Å². The number of carbonyl (C=O) groups is 2. The Bertz CT molecular complexity index is 1050. The molecular weight excluding hydrogens is 344 g/mol. The van der Waals surface area contributed by atoms with Crippen molar-refractivity contribution < 1.29 is 14.7 Å². The van der Waals surface area contributed by atoms with Crippen molar-refractivity contribution in [2.75, 3.05) is 0 Å². The summed E-state index contributed by atoms with van der Waals surface area (Å²) in [7, 11) is 0. The van der Waals surface area contributed by atoms with Crippen LogP contribution >= 0.6 is 0 Å². The maximum absolute atomic E-state index is 13.1. The Labute approximate surface area is 155 Å². The van der Waals surface area contributed by atoms with Crippen molar-refractivity contribution in [2.24, 2.45) is 0 Å². The van der Waals surface area contributed by atoms with Crippen molar-refractivity contribution in [1.82, 2.24) is 9.47 Å². The van der Waals surface area contributed by atoms with E-state index in [-0.39, 0.29) is 23.9 Å². The summed E-state index contributed by atoms with van der Waals surface area (Å²) in [6.45, 7) is 1.54. The minimum absolute atomic E-state index is 0.00454. The number of hydrogen-bond acceptors (Lipinski definition) is 3. The number of amides is 1. The number of benzene rings is 2. The van der Waals surface area contributed by atoms with Gasteiger partial charge in [-0.25, -0.2) is 4.79 Å². The lowest BCUT2D eigenvalue weighted by Gasteiger charge is -2.27. The molecule has 1 aromatic heterocycles. The van der Waals surface area contributed by atoms with Crippen LogP contribution in [-0.2, 0) is 16.1 Å². The van der Waals surface area contributed by atoms with Crippen LogP contribution in [-0.4, -0.2) is 38.5 Å². The van der Waals surface area contributed by atoms with Crippen molar-refractivity contribution in [1.29, 1.82) is 0 Å². The normalized spacial score (nSPS) is 15.0. The third-order valence-electron chi connectivity index (χ3n) is 5.18. The van der Waals surface area contributed by atoms with Gasteiger partial charge in [0.15, 0.2) is 5.43 Å². The summed E-state index contributed by atoms with van der Waals surface area (Å²) < 4.78 is 1.82. The molecule has 0 aliphatic heterocycles. The lowest BCUT2D eigenvalue weighted by atomic mass is 10.1. The third-order valence-corrected chi connectivity index (χ3v) is 5.18. The van der Waals surface area contributed by atoms with Crippen molar-refractivity contribution in [3.8, 4) is 0 Å². The number of carbonyl (C=O) groups excluding carboxylic acids is 1. The van der Waals surface area contributed by atoms with Gasteiger partial charge in [-0.15, -0.1) is 0 Å². The average molecular weight is 364 g/mol. The molecule has 0 spiro atoms. The van der Waals surface area contributed by atoms with E-state index in [1.54, 1.807) is 31.2 Å². The monoisotopic (exact) mass is 364 g/mol. The molecule has 138 valence electrons. The summed E-state index contributed by atoms with van der Waals surface area (Å²) in [6.07, 6.45) is 1.66. The smallest absolute Gasteiger partial charge is 0.326 e. The number of rotatable bonds is 5. The number of para-hydroxylation sites is 2. The zero-order chi connectivity index (χ0) is 19.1. The predicted molar refractivity (Wildman–Crippen MR) is 103 cm³/mol. The van der Waals surface area contributed by atoms with E-state index in [9.17, 15) is 19.5 Å². The summed E-state index contributed by atoms with van der Waals surface area (Å²) in [5.74, 6) is -1.25. The van der Waals surface area contributed by atoms with Gasteiger partial charge in [-0.05, 0) is 44.0 Å². The van der Waals surface area contributed by atoms with Gasteiger partial charge in [0.2, 0.25) is 5.91 Å². The van der Waals surface area contributed by atoms with E-state index in [0.29, 0.717) is 21.8 Å². The molecule has 6 nitrogen and oxygen atoms in total. The summed E-state index contributed by atoms with van der Waals surface area (Å²) >= 11 is 0. The highest BCUT2D eigenvalue weighted by molar-refractivity contribution is 5.95. The number of pyridine rings is 1. The van der Waals surface area contributed by atoms with E-state index in [1.807, 2.05) is 28.8 Å². The molecule has 1 fully saturated rings. The molecule has 1 unspecified atom stereocenters. The van der Waals surface area contributed by atoms with Crippen LogP contribution < -0.4 is 5.43 Å². The van der Waals surface area contributed by atoms with Crippen LogP contribution in [0, 0.1) is 0 Å². The Morgan fingerprint density at radius 3 is 2.07 bits per heavy atom. The van der Waals surface area contributed by atoms with Crippen molar-refractivity contribution in [3.05, 3.63) is 58.8 Å². The first-order chi connectivity index (χ1) is 13.0. The van der Waals surface area contributed by atoms with Gasteiger partial charge in [0.1, 0.15) is 12.6 Å². The second-order valence-corrected chi connectivity index (χ2v) is 7.00. The molecule has 4 rings (SSSR count). The van der Waals surface area contributed by atoms with Crippen LogP contribution in [0.2, 0.25) is 0 Å². The molecule has 0 radical (unpaired) electrons. The Kier molecular flexibility index (Phi) is 4.18. The van der Waals surface area contributed by atoms with Gasteiger partial charge in [-0.3, -0.25) is 9.59 Å². The molecule has 1 heterocycles. The minimum atomic E-state index is -1.01. The first-order valence-corrected chi connectivity index (χ1v) is 9.03. The van der Waals surface area contributed by atoms with E-state index in [1.165, 1.54) is 4.90 Å². The van der Waals surface area contributed by atoms with Crippen molar-refractivity contribution >= 4 is 33.7 Å². The van der Waals surface area contributed by atoms with Gasteiger partial charge in [0.05, 0.1) is 11.0 Å². The molecule has 0 saturated heterocycles. The van der Waals surface area contributed by atoms with E-state index < -0.39 is 12.0 Å². The first kappa shape index (κ1) is 17.3. The Morgan fingerprint density at radius 1 is 1.07 bits per heavy atom. The molecule has 3 aromatic rings. The lowest BCUT2D eigenvalue weighted by Crippen LogP contribution is -2.46. The molecular formula is C21H20N2O4. The molecule has 1 N–H and O–H groups in total. The van der Waals surface area contributed by atoms with E-state index >= 15 is 0 Å². The number of carboxylic acids is 1. The summed E-state index contributed by atoms with van der Waals surface area (Å²) in [5.41, 5.74) is 1.28. The average Bonchev–Trinajstić information content (AvgIpc) is 3.50. The fourth-order valence-corrected chi connectivity index (χ4v) is 3.67. The Hall–Kier alpha value is -3.15. The van der Waals surface area contributed by atoms with Crippen LogP contribution in [0.25, 0.3) is 21.8 Å². The van der Waals surface area contributed by atoms with E-state index in [4.69, 9.17) is 0 Å². The summed E-state index contributed by atoms with van der Waals surface area (Å²) in [5, 5.41) is 10.5. The Morgan fingerprint density at radius 2 is 1.59 bits per heavy atom.